The molecule has 11 aliphatic rings. The molecule has 14 rings (SSSR count). The van der Waals surface area contributed by atoms with E-state index in [0.29, 0.717) is 97.5 Å². The van der Waals surface area contributed by atoms with Gasteiger partial charge in [-0.25, -0.2) is 0 Å². The second-order valence-corrected chi connectivity index (χ2v) is 27.7. The number of benzene rings is 3. The molecule has 0 amide bonds. The number of aromatic hydroxyl groups is 2. The van der Waals surface area contributed by atoms with Crippen LogP contribution < -0.4 is 25.3 Å². The van der Waals surface area contributed by atoms with Gasteiger partial charge in [0.1, 0.15) is 29.5 Å². The quantitative estimate of drug-likeness (QED) is 0.0798. The van der Waals surface area contributed by atoms with Crippen molar-refractivity contribution in [3.8, 4) is 39.9 Å². The van der Waals surface area contributed by atoms with Gasteiger partial charge in [0.2, 0.25) is 0 Å². The highest BCUT2D eigenvalue weighted by atomic mass is 16.5. The lowest BCUT2D eigenvalue weighted by atomic mass is 9.55. The maximum Gasteiger partial charge on any atom is 0.188 e. The molecule has 1 saturated heterocycles. The van der Waals surface area contributed by atoms with Crippen molar-refractivity contribution in [2.24, 2.45) is 63.0 Å². The van der Waals surface area contributed by atoms with Crippen molar-refractivity contribution in [3.05, 3.63) is 76.4 Å². The summed E-state index contributed by atoms with van der Waals surface area (Å²) in [4.78, 5) is 5.29. The molecule has 3 aromatic carbocycles. The van der Waals surface area contributed by atoms with Crippen LogP contribution >= 0.6 is 0 Å². The van der Waals surface area contributed by atoms with Crippen LogP contribution in [0.1, 0.15) is 202 Å². The van der Waals surface area contributed by atoms with E-state index in [9.17, 15) is 25.5 Å². The third-order valence-corrected chi connectivity index (χ3v) is 22.2. The molecule has 3 saturated carbocycles. The molecule has 8 bridgehead atoms. The number of aliphatic hydroxyl groups excluding tert-OH is 3. The zero-order valence-corrected chi connectivity index (χ0v) is 49.7. The summed E-state index contributed by atoms with van der Waals surface area (Å²) in [5.74, 6) is 3.88. The lowest BCUT2D eigenvalue weighted by Gasteiger charge is -2.55. The molecule has 444 valence electrons. The molecular weight excluding hydrogens is 1010 g/mol. The van der Waals surface area contributed by atoms with E-state index in [1.807, 2.05) is 24.3 Å². The zero-order valence-electron chi connectivity index (χ0n) is 49.7. The molecule has 81 heavy (non-hydrogen) atoms. The number of phenolic OH excluding ortho intramolecular Hbond substituents is 2. The minimum absolute atomic E-state index is 0.00764. The zero-order chi connectivity index (χ0) is 56.6. The molecule has 13 unspecified atom stereocenters. The Bertz CT molecular complexity index is 2730. The molecule has 5 aliphatic carbocycles. The van der Waals surface area contributed by atoms with Crippen molar-refractivity contribution in [2.45, 2.75) is 218 Å². The molecule has 12 nitrogen and oxygen atoms in total. The highest BCUT2D eigenvalue weighted by molar-refractivity contribution is 5.84. The van der Waals surface area contributed by atoms with Crippen molar-refractivity contribution in [1.82, 2.24) is 5.32 Å². The summed E-state index contributed by atoms with van der Waals surface area (Å²) in [7, 11) is 1.73. The molecule has 0 radical (unpaired) electrons. The second kappa shape index (κ2) is 24.6. The first-order chi connectivity index (χ1) is 39.1. The number of hydrogen-bond acceptors (Lipinski definition) is 12. The third-order valence-electron chi connectivity index (χ3n) is 22.2. The summed E-state index contributed by atoms with van der Waals surface area (Å²) in [6.45, 7) is 11.0. The number of phenols is 2. The van der Waals surface area contributed by atoms with Gasteiger partial charge >= 0.3 is 0 Å². The van der Waals surface area contributed by atoms with Crippen LogP contribution in [0.25, 0.3) is 11.1 Å². The smallest absolute Gasteiger partial charge is 0.188 e. The summed E-state index contributed by atoms with van der Waals surface area (Å²) >= 11 is 0. The van der Waals surface area contributed by atoms with E-state index in [1.54, 1.807) is 13.2 Å². The molecule has 6 heterocycles. The number of aliphatic imine (C=N–C) groups is 1. The Morgan fingerprint density at radius 3 is 2.44 bits per heavy atom. The first-order valence-electron chi connectivity index (χ1n) is 32.2. The maximum atomic E-state index is 13.0. The molecule has 6 aliphatic heterocycles. The standard InChI is InChI=1S/C69H99N3O9/c1-6-7-9-14-43(4)52-31-45-18-17-44(52)30-50(74)38-68(23-13-22-67(68)26-28-79-69(40-67)24-10-8-11-25-69)41-72-66(70)71-27-21-51-47(39-73)15-12-16-59(51)80-61-35-46(19-20-56(61)75)65-58(77)36-55-60(81-65)37-62(78-5)64-54-33-49(29-42(2)3)57(76)34-48(54)32-53(45)63(55)64/h17-20,33-35,37,42-45,47,50-53,58-59,65,73-77H,6-16,21-32,36,38-41H2,1-5H3,(H3,70,71,72). The number of allylic oxidation sites excluding steroid dienone is 2. The Labute approximate surface area is 484 Å². The summed E-state index contributed by atoms with van der Waals surface area (Å²) in [6.07, 6.45) is 25.7. The Morgan fingerprint density at radius 2 is 1.65 bits per heavy atom. The van der Waals surface area contributed by atoms with E-state index in [-0.39, 0.29) is 64.5 Å². The molecule has 3 aromatic rings. The van der Waals surface area contributed by atoms with Crippen LogP contribution in [0, 0.1) is 52.3 Å². The monoisotopic (exact) mass is 1110 g/mol. The minimum atomic E-state index is -0.917. The van der Waals surface area contributed by atoms with Crippen LogP contribution in [-0.4, -0.2) is 88.8 Å². The van der Waals surface area contributed by atoms with Gasteiger partial charge in [-0.15, -0.1) is 0 Å². The van der Waals surface area contributed by atoms with Crippen LogP contribution in [-0.2, 0) is 24.0 Å². The average Bonchev–Trinajstić information content (AvgIpc) is 3.79. The van der Waals surface area contributed by atoms with Gasteiger partial charge in [-0.2, -0.15) is 0 Å². The largest absolute Gasteiger partial charge is 0.508 e. The highest BCUT2D eigenvalue weighted by Crippen LogP contribution is 2.65. The van der Waals surface area contributed by atoms with Crippen LogP contribution in [0.15, 0.2) is 53.5 Å². The van der Waals surface area contributed by atoms with E-state index in [0.717, 1.165) is 123 Å². The summed E-state index contributed by atoms with van der Waals surface area (Å²) < 4.78 is 27.2. The Hall–Kier alpha value is -4.49. The molecule has 0 aromatic heterocycles. The molecule has 8 N–H and O–H groups in total. The van der Waals surface area contributed by atoms with E-state index in [2.05, 4.69) is 51.2 Å². The maximum absolute atomic E-state index is 13.0. The molecule has 12 heteroatoms. The SMILES string of the molecule is CCCCCC(C)C1CC2C=CC1CC(O)CC1(CCCC13CCOC1(CCCCC1)C3)CN=C(N)NCCC1C(CO)CCCC1Oc1cc(ccc1O)C1Oc3cc(OC)c4c(c3CC1O)C2Cc1cc(O)c(CC(C)C)cc1-4. The number of methoxy groups -OCH3 is 1. The van der Waals surface area contributed by atoms with Gasteiger partial charge in [0.25, 0.3) is 0 Å². The predicted octanol–water partition coefficient (Wildman–Crippen LogP) is 12.9. The number of aliphatic hydroxyl groups is 3. The van der Waals surface area contributed by atoms with Crippen LogP contribution in [0.4, 0.5) is 0 Å². The lowest BCUT2D eigenvalue weighted by Crippen LogP contribution is -2.53. The highest BCUT2D eigenvalue weighted by Gasteiger charge is 2.60. The van der Waals surface area contributed by atoms with Gasteiger partial charge in [0.15, 0.2) is 17.5 Å². The van der Waals surface area contributed by atoms with E-state index in [4.69, 9.17) is 29.7 Å². The topological polar surface area (TPSA) is 188 Å². The van der Waals surface area contributed by atoms with E-state index >= 15 is 0 Å². The van der Waals surface area contributed by atoms with E-state index < -0.39 is 18.3 Å². The minimum Gasteiger partial charge on any atom is -0.508 e. The van der Waals surface area contributed by atoms with E-state index in [1.165, 1.54) is 38.5 Å². The summed E-state index contributed by atoms with van der Waals surface area (Å²) in [5, 5.41) is 63.0. The van der Waals surface area contributed by atoms with Crippen molar-refractivity contribution in [2.75, 3.05) is 33.4 Å². The summed E-state index contributed by atoms with van der Waals surface area (Å²) in [6, 6.07) is 11.5. The van der Waals surface area contributed by atoms with Gasteiger partial charge in [-0.05, 0) is 201 Å². The molecule has 4 fully saturated rings. The number of nitrogens with zero attached hydrogens (tertiary/aromatic N) is 1. The number of nitrogens with two attached hydrogens (primary N) is 1. The Morgan fingerprint density at radius 1 is 0.840 bits per heavy atom. The normalized spacial score (nSPS) is 33.3. The fraction of sp³-hybridized carbons (Fsp3) is 0.696. The van der Waals surface area contributed by atoms with Crippen molar-refractivity contribution in [1.29, 1.82) is 0 Å². The Balaban J connectivity index is 1.03. The van der Waals surface area contributed by atoms with Crippen LogP contribution in [0.3, 0.4) is 0 Å². The van der Waals surface area contributed by atoms with Crippen LogP contribution in [0.5, 0.6) is 28.7 Å². The number of fused-ring (bicyclic) bond motifs is 2. The number of rotatable bonds is 9. The van der Waals surface area contributed by atoms with Gasteiger partial charge < -0.3 is 55.5 Å². The molecule has 3 spiro atoms. The van der Waals surface area contributed by atoms with Crippen molar-refractivity contribution >= 4 is 5.96 Å². The van der Waals surface area contributed by atoms with Crippen molar-refractivity contribution in [3.63, 3.8) is 0 Å². The fourth-order valence-corrected chi connectivity index (χ4v) is 18.1. The van der Waals surface area contributed by atoms with Gasteiger partial charge in [-0.3, -0.25) is 4.99 Å². The number of unbranched alkanes of at least 4 members (excludes halogenated alkanes) is 2. The van der Waals surface area contributed by atoms with Gasteiger partial charge in [-0.1, -0.05) is 97.3 Å². The van der Waals surface area contributed by atoms with Crippen LogP contribution in [0.2, 0.25) is 0 Å². The fourth-order valence-electron chi connectivity index (χ4n) is 18.1. The molecular formula is C69H99N3O9. The number of nitrogens with one attached hydrogen (secondary N) is 1. The lowest BCUT2D eigenvalue weighted by molar-refractivity contribution is -0.173. The number of hydrogen-bond donors (Lipinski definition) is 7. The number of ether oxygens (including phenoxy) is 4. The third kappa shape index (κ3) is 11.7. The molecule has 13 atom stereocenters. The first-order valence-corrected chi connectivity index (χ1v) is 32.2. The number of guanidine groups is 1. The van der Waals surface area contributed by atoms with Gasteiger partial charge in [0.05, 0.1) is 24.9 Å². The van der Waals surface area contributed by atoms with Gasteiger partial charge in [0, 0.05) is 55.8 Å². The Kier molecular flexibility index (Phi) is 17.7. The average molecular weight is 1110 g/mol. The first kappa shape index (κ1) is 58.3. The second-order valence-electron chi connectivity index (χ2n) is 27.7. The predicted molar refractivity (Wildman–Crippen MR) is 320 cm³/mol. The summed E-state index contributed by atoms with van der Waals surface area (Å²) in [5.41, 5.74) is 13.6. The van der Waals surface area contributed by atoms with Crippen molar-refractivity contribution < 1.29 is 44.5 Å².